The maximum absolute atomic E-state index is 14.8. The third-order valence-electron chi connectivity index (χ3n) is 6.22. The molecule has 0 aliphatic heterocycles. The molecule has 1 aliphatic carbocycles. The molecule has 0 aromatic heterocycles. The molecule has 0 saturated heterocycles. The van der Waals surface area contributed by atoms with Crippen LogP contribution in [-0.2, 0) is 13.0 Å². The summed E-state index contributed by atoms with van der Waals surface area (Å²) < 4.78 is 47.3. The Morgan fingerprint density at radius 2 is 1.80 bits per heavy atom. The van der Waals surface area contributed by atoms with Crippen molar-refractivity contribution < 1.29 is 22.7 Å². The number of amides is 1. The molecule has 1 aliphatic rings. The summed E-state index contributed by atoms with van der Waals surface area (Å²) in [5, 5.41) is 3.39. The fourth-order valence-electron chi connectivity index (χ4n) is 4.11. The summed E-state index contributed by atoms with van der Waals surface area (Å²) in [5.74, 6) is -4.06. The second-order valence-corrected chi connectivity index (χ2v) is 9.05. The monoisotopic (exact) mass is 502 g/mol. The predicted molar refractivity (Wildman–Crippen MR) is 131 cm³/mol. The van der Waals surface area contributed by atoms with Crippen LogP contribution in [0.3, 0.4) is 0 Å². The van der Waals surface area contributed by atoms with Gasteiger partial charge in [0, 0.05) is 30.8 Å². The van der Waals surface area contributed by atoms with E-state index >= 15 is 0 Å². The fourth-order valence-corrected chi connectivity index (χ4v) is 4.29. The summed E-state index contributed by atoms with van der Waals surface area (Å²) in [6.07, 6.45) is 2.34. The summed E-state index contributed by atoms with van der Waals surface area (Å²) in [4.78, 5) is 15.1. The van der Waals surface area contributed by atoms with Gasteiger partial charge in [-0.3, -0.25) is 4.79 Å². The summed E-state index contributed by atoms with van der Waals surface area (Å²) >= 11 is 6.16. The zero-order chi connectivity index (χ0) is 25.1. The van der Waals surface area contributed by atoms with Gasteiger partial charge in [-0.15, -0.1) is 0 Å². The molecule has 3 aromatic rings. The van der Waals surface area contributed by atoms with Gasteiger partial charge in [0.1, 0.15) is 0 Å². The van der Waals surface area contributed by atoms with Crippen molar-refractivity contribution in [3.63, 3.8) is 0 Å². The first-order valence-corrected chi connectivity index (χ1v) is 11.8. The molecule has 4 rings (SSSR count). The van der Waals surface area contributed by atoms with Crippen LogP contribution in [0.4, 0.5) is 18.9 Å². The van der Waals surface area contributed by atoms with Crippen LogP contribution in [0, 0.1) is 17.5 Å². The van der Waals surface area contributed by atoms with E-state index in [0.717, 1.165) is 18.7 Å². The van der Waals surface area contributed by atoms with Gasteiger partial charge in [-0.25, -0.2) is 8.78 Å². The van der Waals surface area contributed by atoms with Crippen LogP contribution in [-0.4, -0.2) is 31.5 Å². The second kappa shape index (κ2) is 10.6. The lowest BCUT2D eigenvalue weighted by molar-refractivity contribution is 0.0745. The average Bonchev–Trinajstić information content (AvgIpc) is 3.70. The van der Waals surface area contributed by atoms with E-state index in [1.54, 1.807) is 30.1 Å². The molecule has 0 heterocycles. The van der Waals surface area contributed by atoms with Gasteiger partial charge in [-0.05, 0) is 66.1 Å². The highest BCUT2D eigenvalue weighted by Crippen LogP contribution is 2.40. The van der Waals surface area contributed by atoms with Gasteiger partial charge < -0.3 is 15.0 Å². The van der Waals surface area contributed by atoms with Crippen molar-refractivity contribution in [3.8, 4) is 5.75 Å². The maximum Gasteiger partial charge on any atom is 0.256 e. The predicted octanol–water partition coefficient (Wildman–Crippen LogP) is 6.57. The molecule has 4 nitrogen and oxygen atoms in total. The number of hydrogen-bond donors (Lipinski definition) is 1. The van der Waals surface area contributed by atoms with Crippen molar-refractivity contribution in [1.29, 1.82) is 0 Å². The van der Waals surface area contributed by atoms with Gasteiger partial charge in [0.2, 0.25) is 5.82 Å². The van der Waals surface area contributed by atoms with E-state index in [1.807, 2.05) is 12.1 Å². The Labute approximate surface area is 207 Å². The molecule has 35 heavy (non-hydrogen) atoms. The topological polar surface area (TPSA) is 41.6 Å². The van der Waals surface area contributed by atoms with Gasteiger partial charge in [0.25, 0.3) is 5.91 Å². The number of carbonyl (C=O) groups excluding carboxylic acids is 1. The highest BCUT2D eigenvalue weighted by Gasteiger charge is 2.25. The number of anilines is 1. The number of ether oxygens (including phenoxy) is 1. The fraction of sp³-hybridized carbons (Fsp3) is 0.296. The minimum absolute atomic E-state index is 0.0409. The standard InChI is InChI=1S/C27H26ClF3N2O2/c1-32-23-10-9-20(28)14-21(23)27(34)33(15-16-3-5-17(6-4-16)18-7-8-18)12-11-19-13-22(29)25(31)26(35-2)24(19)30/h3-6,9-10,13-14,18,32H,7-8,11-12,15H2,1-2H3. The third-order valence-corrected chi connectivity index (χ3v) is 6.45. The Balaban J connectivity index is 1.63. The summed E-state index contributed by atoms with van der Waals surface area (Å²) in [6.45, 7) is 0.311. The van der Waals surface area contributed by atoms with Crippen molar-refractivity contribution >= 4 is 23.2 Å². The van der Waals surface area contributed by atoms with E-state index in [9.17, 15) is 18.0 Å². The normalized spacial score (nSPS) is 13.0. The van der Waals surface area contributed by atoms with E-state index in [-0.39, 0.29) is 31.0 Å². The first kappa shape index (κ1) is 24.9. The quantitative estimate of drug-likeness (QED) is 0.336. The first-order chi connectivity index (χ1) is 16.8. The molecule has 1 amide bonds. The van der Waals surface area contributed by atoms with Crippen LogP contribution in [0.5, 0.6) is 5.75 Å². The second-order valence-electron chi connectivity index (χ2n) is 8.61. The Morgan fingerprint density at radius 1 is 1.09 bits per heavy atom. The highest BCUT2D eigenvalue weighted by atomic mass is 35.5. The zero-order valence-electron chi connectivity index (χ0n) is 19.5. The molecule has 8 heteroatoms. The number of nitrogens with zero attached hydrogens (tertiary/aromatic N) is 1. The molecular formula is C27H26ClF3N2O2. The number of rotatable bonds is 9. The van der Waals surface area contributed by atoms with E-state index in [2.05, 4.69) is 17.4 Å². The van der Waals surface area contributed by atoms with Crippen molar-refractivity contribution in [3.05, 3.63) is 93.3 Å². The Kier molecular flexibility index (Phi) is 7.55. The van der Waals surface area contributed by atoms with Crippen molar-refractivity contribution in [1.82, 2.24) is 4.90 Å². The molecule has 3 aromatic carbocycles. The molecule has 0 radical (unpaired) electrons. The van der Waals surface area contributed by atoms with Gasteiger partial charge in [-0.1, -0.05) is 35.9 Å². The number of methoxy groups -OCH3 is 1. The molecule has 0 spiro atoms. The van der Waals surface area contributed by atoms with Gasteiger partial charge in [0.05, 0.1) is 12.7 Å². The van der Waals surface area contributed by atoms with E-state index in [1.165, 1.54) is 18.4 Å². The summed E-state index contributed by atoms with van der Waals surface area (Å²) in [6, 6.07) is 13.8. The van der Waals surface area contributed by atoms with E-state index in [0.29, 0.717) is 22.2 Å². The number of nitrogens with one attached hydrogen (secondary N) is 1. The number of benzene rings is 3. The molecular weight excluding hydrogens is 477 g/mol. The average molecular weight is 503 g/mol. The Hall–Kier alpha value is -3.19. The molecule has 1 saturated carbocycles. The Morgan fingerprint density at radius 3 is 2.43 bits per heavy atom. The SMILES string of the molecule is CNc1ccc(Cl)cc1C(=O)N(CCc1cc(F)c(F)c(OC)c1F)Cc1ccc(C2CC2)cc1. The highest BCUT2D eigenvalue weighted by molar-refractivity contribution is 6.31. The van der Waals surface area contributed by atoms with Crippen LogP contribution in [0.25, 0.3) is 0 Å². The van der Waals surface area contributed by atoms with Crippen LogP contribution in [0.15, 0.2) is 48.5 Å². The first-order valence-electron chi connectivity index (χ1n) is 11.4. The van der Waals surface area contributed by atoms with Crippen LogP contribution in [0.2, 0.25) is 5.02 Å². The molecule has 0 bridgehead atoms. The Bertz CT molecular complexity index is 1230. The van der Waals surface area contributed by atoms with Crippen molar-refractivity contribution in [2.45, 2.75) is 31.7 Å². The van der Waals surface area contributed by atoms with Crippen molar-refractivity contribution in [2.24, 2.45) is 0 Å². The van der Waals surface area contributed by atoms with Crippen LogP contribution in [0.1, 0.15) is 45.8 Å². The lowest BCUT2D eigenvalue weighted by Crippen LogP contribution is -2.33. The third kappa shape index (κ3) is 5.56. The number of hydrogen-bond acceptors (Lipinski definition) is 3. The number of halogens is 4. The molecule has 0 atom stereocenters. The molecule has 0 unspecified atom stereocenters. The number of carbonyl (C=O) groups is 1. The van der Waals surface area contributed by atoms with Gasteiger partial charge >= 0.3 is 0 Å². The molecule has 184 valence electrons. The van der Waals surface area contributed by atoms with Crippen LogP contribution >= 0.6 is 11.6 Å². The molecule has 1 fully saturated rings. The van der Waals surface area contributed by atoms with E-state index < -0.39 is 23.2 Å². The summed E-state index contributed by atoms with van der Waals surface area (Å²) in [5.41, 5.74) is 3.05. The van der Waals surface area contributed by atoms with E-state index in [4.69, 9.17) is 16.3 Å². The summed E-state index contributed by atoms with van der Waals surface area (Å²) in [7, 11) is 2.77. The molecule has 1 N–H and O–H groups in total. The minimum atomic E-state index is -1.38. The van der Waals surface area contributed by atoms with Crippen molar-refractivity contribution in [2.75, 3.05) is 26.0 Å². The zero-order valence-corrected chi connectivity index (χ0v) is 20.3. The smallest absolute Gasteiger partial charge is 0.256 e. The maximum atomic E-state index is 14.8. The van der Waals surface area contributed by atoms with Crippen LogP contribution < -0.4 is 10.1 Å². The minimum Gasteiger partial charge on any atom is -0.491 e. The largest absolute Gasteiger partial charge is 0.491 e. The van der Waals surface area contributed by atoms with Gasteiger partial charge in [-0.2, -0.15) is 4.39 Å². The lowest BCUT2D eigenvalue weighted by Gasteiger charge is -2.25. The lowest BCUT2D eigenvalue weighted by atomic mass is 10.1. The van der Waals surface area contributed by atoms with Gasteiger partial charge in [0.15, 0.2) is 17.4 Å².